The van der Waals surface area contributed by atoms with E-state index in [1.165, 1.54) is 12.0 Å². The normalized spacial score (nSPS) is 40.4. The molecular formula is C51H79NO13. The summed E-state index contributed by atoms with van der Waals surface area (Å²) in [5.41, 5.74) is 1.27. The van der Waals surface area contributed by atoms with Gasteiger partial charge in [0.1, 0.15) is 30.1 Å². The van der Waals surface area contributed by atoms with E-state index in [2.05, 4.69) is 0 Å². The number of cyclic esters (lactones) is 1. The Hall–Kier alpha value is -3.37. The number of hydrogen-bond acceptors (Lipinski definition) is 13. The van der Waals surface area contributed by atoms with Crippen molar-refractivity contribution in [2.75, 3.05) is 27.9 Å². The fourth-order valence-corrected chi connectivity index (χ4v) is 10.1. The number of aliphatic hydroxyl groups is 3. The summed E-state index contributed by atoms with van der Waals surface area (Å²) in [5.74, 6) is -7.96. The van der Waals surface area contributed by atoms with Gasteiger partial charge in [-0.25, -0.2) is 4.79 Å². The second-order valence-corrected chi connectivity index (χ2v) is 19.6. The minimum absolute atomic E-state index is 0.0193. The summed E-state index contributed by atoms with van der Waals surface area (Å²) in [7, 11) is 4.52. The summed E-state index contributed by atoms with van der Waals surface area (Å²) in [5, 5.41) is 33.8. The number of methoxy groups -OCH3 is 3. The summed E-state index contributed by atoms with van der Waals surface area (Å²) < 4.78 is 29.4. The molecule has 0 aromatic heterocycles. The maximum absolute atomic E-state index is 14.4. The first kappa shape index (κ1) is 54.2. The number of Topliss-reactive ketones (excluding diaryl/α,β-unsaturated/α-hetero) is 3. The minimum atomic E-state index is -2.43. The van der Waals surface area contributed by atoms with Crippen LogP contribution in [0.15, 0.2) is 47.6 Å². The van der Waals surface area contributed by atoms with Gasteiger partial charge in [0.05, 0.1) is 24.4 Å². The molecule has 0 aromatic rings. The highest BCUT2D eigenvalue weighted by molar-refractivity contribution is 6.39. The lowest BCUT2D eigenvalue weighted by Gasteiger charge is -2.42. The predicted molar refractivity (Wildman–Crippen MR) is 245 cm³/mol. The highest BCUT2D eigenvalue weighted by atomic mass is 16.6. The Morgan fingerprint density at radius 3 is 2.25 bits per heavy atom. The number of carbonyl (C=O) groups is 5. The van der Waals surface area contributed by atoms with Crippen molar-refractivity contribution >= 4 is 29.2 Å². The molecule has 4 rings (SSSR count). The van der Waals surface area contributed by atoms with Gasteiger partial charge in [0.25, 0.3) is 11.7 Å². The van der Waals surface area contributed by atoms with E-state index in [0.717, 1.165) is 12.0 Å². The molecule has 0 aromatic carbocycles. The van der Waals surface area contributed by atoms with E-state index in [9.17, 15) is 39.3 Å². The Morgan fingerprint density at radius 2 is 1.57 bits per heavy atom. The third-order valence-corrected chi connectivity index (χ3v) is 14.5. The van der Waals surface area contributed by atoms with Crippen molar-refractivity contribution in [1.82, 2.24) is 4.90 Å². The number of fused-ring (bicyclic) bond motifs is 3. The molecule has 3 aliphatic heterocycles. The zero-order valence-electron chi connectivity index (χ0n) is 40.6. The molecule has 2 bridgehead atoms. The standard InChI is InChI=1S/C51H79NO13/c1-30-16-12-11-13-17-31(2)42(61-8)28-38-21-19-36(7)51(60,65-38)48(57)49(58)52-23-15-14-18-39(52)50(59)64-43(33(4)26-37-20-22-40(53)44(27-37)62-9)29-41(54)32(3)25-35(6)46(56)47(63-10)45(55)34(5)24-30/h11-13,16-17,25,30,32-34,36-40,42-44,46-47,53,56,60H,14-15,18-24,26-29H2,1-10H3/b13-11+,16-12+,31-17-,35-25+/t30-,32+,33+,34+,36-,37-,38+,39+,40-,42+,43-,44+,46-,47+,51+/m0/s1. The maximum atomic E-state index is 14.4. The summed E-state index contributed by atoms with van der Waals surface area (Å²) in [6.45, 7) is 12.7. The van der Waals surface area contributed by atoms with E-state index in [-0.39, 0.29) is 54.8 Å². The number of esters is 1. The van der Waals surface area contributed by atoms with Crippen LogP contribution in [0.3, 0.4) is 0 Å². The largest absolute Gasteiger partial charge is 0.460 e. The lowest BCUT2D eigenvalue weighted by atomic mass is 9.78. The smallest absolute Gasteiger partial charge is 0.329 e. The zero-order valence-corrected chi connectivity index (χ0v) is 40.6. The van der Waals surface area contributed by atoms with Crippen LogP contribution < -0.4 is 0 Å². The number of ketones is 3. The van der Waals surface area contributed by atoms with Gasteiger partial charge in [0.2, 0.25) is 5.79 Å². The quantitative estimate of drug-likeness (QED) is 0.156. The summed E-state index contributed by atoms with van der Waals surface area (Å²) in [6, 6.07) is -1.14. The molecule has 65 heavy (non-hydrogen) atoms. The van der Waals surface area contributed by atoms with Gasteiger partial charge < -0.3 is 43.9 Å². The molecule has 1 saturated carbocycles. The van der Waals surface area contributed by atoms with Gasteiger partial charge in [0.15, 0.2) is 5.78 Å². The van der Waals surface area contributed by atoms with Gasteiger partial charge in [-0.05, 0) is 107 Å². The van der Waals surface area contributed by atoms with E-state index in [1.54, 1.807) is 41.1 Å². The van der Waals surface area contributed by atoms with Crippen molar-refractivity contribution in [1.29, 1.82) is 0 Å². The van der Waals surface area contributed by atoms with Crippen LogP contribution in [-0.2, 0) is 47.7 Å². The van der Waals surface area contributed by atoms with Gasteiger partial charge in [-0.3, -0.25) is 19.2 Å². The van der Waals surface area contributed by atoms with Gasteiger partial charge in [-0.1, -0.05) is 71.1 Å². The number of piperidine rings is 1. The number of aliphatic hydroxyl groups excluding tert-OH is 2. The number of hydrogen-bond donors (Lipinski definition) is 3. The summed E-state index contributed by atoms with van der Waals surface area (Å²) >= 11 is 0. The van der Waals surface area contributed by atoms with Crippen molar-refractivity contribution in [3.8, 4) is 0 Å². The van der Waals surface area contributed by atoms with E-state index in [4.69, 9.17) is 23.7 Å². The second kappa shape index (κ2) is 25.1. The number of amides is 1. The molecule has 14 heteroatoms. The van der Waals surface area contributed by atoms with Crippen molar-refractivity contribution < 1.29 is 63.0 Å². The average molecular weight is 914 g/mol. The molecule has 0 unspecified atom stereocenters. The molecule has 15 atom stereocenters. The minimum Gasteiger partial charge on any atom is -0.460 e. The Bertz CT molecular complexity index is 1760. The van der Waals surface area contributed by atoms with E-state index >= 15 is 0 Å². The van der Waals surface area contributed by atoms with E-state index in [0.29, 0.717) is 63.4 Å². The fraction of sp³-hybridized carbons (Fsp3) is 0.745. The number of rotatable bonds is 6. The second-order valence-electron chi connectivity index (χ2n) is 19.6. The fourth-order valence-electron chi connectivity index (χ4n) is 10.1. The van der Waals surface area contributed by atoms with Gasteiger partial charge in [-0.2, -0.15) is 0 Å². The first-order valence-electron chi connectivity index (χ1n) is 23.9. The van der Waals surface area contributed by atoms with Crippen molar-refractivity contribution in [2.45, 2.75) is 180 Å². The van der Waals surface area contributed by atoms with Gasteiger partial charge >= 0.3 is 5.97 Å². The van der Waals surface area contributed by atoms with Crippen LogP contribution in [0, 0.1) is 35.5 Å². The number of allylic oxidation sites excluding steroid dienone is 6. The third kappa shape index (κ3) is 14.3. The molecule has 2 saturated heterocycles. The first-order chi connectivity index (χ1) is 30.7. The first-order valence-corrected chi connectivity index (χ1v) is 23.9. The molecule has 3 fully saturated rings. The summed E-state index contributed by atoms with van der Waals surface area (Å²) in [6.07, 6.45) is 11.2. The Labute approximate surface area is 387 Å². The van der Waals surface area contributed by atoms with Crippen LogP contribution in [0.4, 0.5) is 0 Å². The molecule has 1 amide bonds. The summed E-state index contributed by atoms with van der Waals surface area (Å²) in [4.78, 5) is 71.8. The monoisotopic (exact) mass is 914 g/mol. The molecule has 4 aliphatic rings. The zero-order chi connectivity index (χ0) is 48.2. The van der Waals surface area contributed by atoms with Crippen molar-refractivity contribution in [2.24, 2.45) is 35.5 Å². The van der Waals surface area contributed by atoms with Crippen LogP contribution in [0.25, 0.3) is 0 Å². The SMILES string of the molecule is CO[C@@H]1C(=O)[C@H](C)C[C@@H](C)/C=C/C=C/C=C(/C)[C@H](OC)C[C@H]2CC[C@H](C)[C@@](O)(O2)C(=O)C(=O)N2CCCC[C@@H]2C(=O)O[C@H]([C@H](C)C[C@@H]2CC[C@H](O)[C@H](OC)C2)CC(=O)[C@H](C)/C=C(\C)[C@@H]1O. The van der Waals surface area contributed by atoms with Crippen LogP contribution in [0.2, 0.25) is 0 Å². The van der Waals surface area contributed by atoms with Crippen LogP contribution in [-0.4, -0.2) is 132 Å². The van der Waals surface area contributed by atoms with Crippen LogP contribution >= 0.6 is 0 Å². The lowest BCUT2D eigenvalue weighted by Crippen LogP contribution is -2.61. The lowest BCUT2D eigenvalue weighted by molar-refractivity contribution is -0.265. The Balaban J connectivity index is 1.70. The highest BCUT2D eigenvalue weighted by Gasteiger charge is 2.53. The maximum Gasteiger partial charge on any atom is 0.329 e. The third-order valence-electron chi connectivity index (χ3n) is 14.5. The highest BCUT2D eigenvalue weighted by Crippen LogP contribution is 2.38. The number of ether oxygens (including phenoxy) is 5. The number of nitrogens with zero attached hydrogens (tertiary/aromatic N) is 1. The number of carbonyl (C=O) groups excluding carboxylic acids is 5. The molecule has 3 heterocycles. The molecule has 1 aliphatic carbocycles. The Kier molecular flexibility index (Phi) is 21.0. The van der Waals surface area contributed by atoms with E-state index < -0.39 is 83.9 Å². The molecule has 366 valence electrons. The molecule has 0 spiro atoms. The van der Waals surface area contributed by atoms with Gasteiger partial charge in [0, 0.05) is 58.5 Å². The molecular weight excluding hydrogens is 835 g/mol. The van der Waals surface area contributed by atoms with Crippen molar-refractivity contribution in [3.05, 3.63) is 47.6 Å². The van der Waals surface area contributed by atoms with Gasteiger partial charge in [-0.15, -0.1) is 0 Å². The average Bonchev–Trinajstić information content (AvgIpc) is 3.28. The van der Waals surface area contributed by atoms with Crippen LogP contribution in [0.5, 0.6) is 0 Å². The molecule has 14 nitrogen and oxygen atoms in total. The van der Waals surface area contributed by atoms with Crippen LogP contribution in [0.1, 0.15) is 126 Å². The predicted octanol–water partition coefficient (Wildman–Crippen LogP) is 6.18. The van der Waals surface area contributed by atoms with E-state index in [1.807, 2.05) is 58.1 Å². The Morgan fingerprint density at radius 1 is 0.846 bits per heavy atom. The molecule has 3 N–H and O–H groups in total. The topological polar surface area (TPSA) is 195 Å². The molecule has 0 radical (unpaired) electrons. The van der Waals surface area contributed by atoms with Crippen molar-refractivity contribution in [3.63, 3.8) is 0 Å².